The first-order valence-corrected chi connectivity index (χ1v) is 10.0. The van der Waals surface area contributed by atoms with Gasteiger partial charge in [0.05, 0.1) is 11.3 Å². The Hall–Kier alpha value is -3.75. The van der Waals surface area contributed by atoms with Crippen molar-refractivity contribution >= 4 is 28.6 Å². The van der Waals surface area contributed by atoms with Crippen LogP contribution in [0.5, 0.6) is 0 Å². The number of fused-ring (bicyclic) bond motifs is 3. The van der Waals surface area contributed by atoms with Crippen LogP contribution < -0.4 is 5.32 Å². The van der Waals surface area contributed by atoms with Crippen LogP contribution in [-0.2, 0) is 0 Å². The number of hydrogen-bond acceptors (Lipinski definition) is 5. The number of carbonyl (C=O) groups excluding carboxylic acids is 1. The van der Waals surface area contributed by atoms with Gasteiger partial charge in [-0.1, -0.05) is 48.0 Å². The van der Waals surface area contributed by atoms with Gasteiger partial charge in [-0.05, 0) is 30.5 Å². The van der Waals surface area contributed by atoms with E-state index < -0.39 is 0 Å². The zero-order valence-corrected chi connectivity index (χ0v) is 16.4. The number of pyridine rings is 1. The van der Waals surface area contributed by atoms with E-state index >= 15 is 0 Å². The first kappa shape index (κ1) is 17.4. The van der Waals surface area contributed by atoms with Crippen molar-refractivity contribution in [3.8, 4) is 27.8 Å². The monoisotopic (exact) mass is 393 g/mol. The van der Waals surface area contributed by atoms with Crippen molar-refractivity contribution in [1.82, 2.24) is 4.98 Å². The molecular weight excluding hydrogens is 378 g/mol. The van der Waals surface area contributed by atoms with Crippen molar-refractivity contribution in [1.29, 1.82) is 5.26 Å². The minimum Gasteiger partial charge on any atom is -0.339 e. The average Bonchev–Trinajstić information content (AvgIpc) is 3.37. The van der Waals surface area contributed by atoms with Crippen LogP contribution in [0, 0.1) is 18.3 Å². The Morgan fingerprint density at radius 3 is 2.41 bits per heavy atom. The summed E-state index contributed by atoms with van der Waals surface area (Å²) in [4.78, 5) is 18.9. The number of nitrogens with zero attached hydrogens (tertiary/aromatic N) is 2. The molecule has 1 aliphatic carbocycles. The maximum atomic E-state index is 13.2. The molecule has 0 saturated carbocycles. The number of ketones is 1. The van der Waals surface area contributed by atoms with Gasteiger partial charge in [0.2, 0.25) is 0 Å². The van der Waals surface area contributed by atoms with E-state index in [0.717, 1.165) is 21.7 Å². The lowest BCUT2D eigenvalue weighted by Crippen LogP contribution is -2.05. The molecule has 4 aromatic rings. The van der Waals surface area contributed by atoms with Crippen LogP contribution in [0.4, 0.5) is 11.5 Å². The molecule has 0 fully saturated rings. The van der Waals surface area contributed by atoms with E-state index in [1.807, 2.05) is 73.0 Å². The number of anilines is 2. The van der Waals surface area contributed by atoms with Gasteiger partial charge in [-0.2, -0.15) is 5.26 Å². The summed E-state index contributed by atoms with van der Waals surface area (Å²) in [6.07, 6.45) is 0. The summed E-state index contributed by atoms with van der Waals surface area (Å²) in [7, 11) is 0. The van der Waals surface area contributed by atoms with E-state index in [4.69, 9.17) is 4.98 Å². The fourth-order valence-electron chi connectivity index (χ4n) is 3.66. The van der Waals surface area contributed by atoms with E-state index in [-0.39, 0.29) is 5.78 Å². The summed E-state index contributed by atoms with van der Waals surface area (Å²) in [5.41, 5.74) is 5.61. The van der Waals surface area contributed by atoms with Crippen molar-refractivity contribution in [2.75, 3.05) is 5.32 Å². The lowest BCUT2D eigenvalue weighted by molar-refractivity contribution is 0.104. The number of hydrogen-bond donors (Lipinski definition) is 1. The molecule has 1 N–H and O–H groups in total. The molecular formula is C24H15N3OS. The van der Waals surface area contributed by atoms with Crippen molar-refractivity contribution in [3.63, 3.8) is 0 Å². The van der Waals surface area contributed by atoms with Crippen LogP contribution in [0.15, 0.2) is 66.0 Å². The highest BCUT2D eigenvalue weighted by atomic mass is 32.1. The third-order valence-electron chi connectivity index (χ3n) is 5.04. The van der Waals surface area contributed by atoms with Crippen molar-refractivity contribution < 1.29 is 4.79 Å². The number of rotatable bonds is 3. The first-order valence-electron chi connectivity index (χ1n) is 9.17. The predicted molar refractivity (Wildman–Crippen MR) is 116 cm³/mol. The Labute approximate surface area is 172 Å². The lowest BCUT2D eigenvalue weighted by atomic mass is 9.98. The molecule has 1 aliphatic rings. The van der Waals surface area contributed by atoms with Gasteiger partial charge in [0.15, 0.2) is 5.78 Å². The number of thiophene rings is 1. The van der Waals surface area contributed by atoms with Gasteiger partial charge < -0.3 is 5.32 Å². The maximum absolute atomic E-state index is 13.2. The summed E-state index contributed by atoms with van der Waals surface area (Å²) in [6, 6.07) is 21.5. The Morgan fingerprint density at radius 1 is 0.966 bits per heavy atom. The largest absolute Gasteiger partial charge is 0.339 e. The van der Waals surface area contributed by atoms with Crippen molar-refractivity contribution in [2.24, 2.45) is 0 Å². The second-order valence-corrected chi connectivity index (χ2v) is 7.84. The number of nitriles is 1. The molecule has 0 amide bonds. The van der Waals surface area contributed by atoms with E-state index in [1.165, 1.54) is 11.3 Å². The van der Waals surface area contributed by atoms with Crippen LogP contribution in [-0.4, -0.2) is 10.8 Å². The Kier molecular flexibility index (Phi) is 4.01. The van der Waals surface area contributed by atoms with E-state index in [0.29, 0.717) is 33.8 Å². The van der Waals surface area contributed by atoms with Crippen LogP contribution in [0.1, 0.15) is 27.0 Å². The molecule has 0 aliphatic heterocycles. The molecule has 0 atom stereocenters. The van der Waals surface area contributed by atoms with Crippen molar-refractivity contribution in [2.45, 2.75) is 6.92 Å². The van der Waals surface area contributed by atoms with Gasteiger partial charge >= 0.3 is 0 Å². The number of benzene rings is 2. The highest BCUT2D eigenvalue weighted by molar-refractivity contribution is 7.13. The maximum Gasteiger partial charge on any atom is 0.196 e. The standard InChI is InChI=1S/C24H15N3OS/c1-14-8-10-15(11-9-14)26-24-18(13-25)20(19-7-4-12-29-19)21-22(27-24)16-5-2-3-6-17(16)23(21)28/h2-12H,1H3,(H,26,27). The topological polar surface area (TPSA) is 65.8 Å². The van der Waals surface area contributed by atoms with Gasteiger partial charge in [0.1, 0.15) is 17.5 Å². The molecule has 0 bridgehead atoms. The molecule has 2 aromatic heterocycles. The molecule has 5 heteroatoms. The van der Waals surface area contributed by atoms with Gasteiger partial charge in [0.25, 0.3) is 0 Å². The van der Waals surface area contributed by atoms with Crippen LogP contribution in [0.2, 0.25) is 0 Å². The molecule has 138 valence electrons. The van der Waals surface area contributed by atoms with E-state index in [1.54, 1.807) is 0 Å². The molecule has 2 aromatic carbocycles. The molecule has 0 unspecified atom stereocenters. The lowest BCUT2D eigenvalue weighted by Gasteiger charge is -2.14. The Balaban J connectivity index is 1.80. The summed E-state index contributed by atoms with van der Waals surface area (Å²) in [5, 5.41) is 15.3. The summed E-state index contributed by atoms with van der Waals surface area (Å²) in [6.45, 7) is 2.02. The fourth-order valence-corrected chi connectivity index (χ4v) is 4.45. The quantitative estimate of drug-likeness (QED) is 0.412. The molecule has 0 radical (unpaired) electrons. The highest BCUT2D eigenvalue weighted by Gasteiger charge is 2.34. The molecule has 0 saturated heterocycles. The van der Waals surface area contributed by atoms with Gasteiger partial charge in [-0.3, -0.25) is 4.79 Å². The Bertz CT molecular complexity index is 1300. The second-order valence-electron chi connectivity index (χ2n) is 6.89. The average molecular weight is 393 g/mol. The normalized spacial score (nSPS) is 11.7. The fraction of sp³-hybridized carbons (Fsp3) is 0.0417. The molecule has 5 rings (SSSR count). The summed E-state index contributed by atoms with van der Waals surface area (Å²) in [5.74, 6) is 0.382. The number of nitrogens with one attached hydrogen (secondary N) is 1. The molecule has 0 spiro atoms. The summed E-state index contributed by atoms with van der Waals surface area (Å²) < 4.78 is 0. The zero-order valence-electron chi connectivity index (χ0n) is 15.6. The van der Waals surface area contributed by atoms with Crippen molar-refractivity contribution in [3.05, 3.63) is 88.3 Å². The van der Waals surface area contributed by atoms with Crippen LogP contribution in [0.3, 0.4) is 0 Å². The molecule has 2 heterocycles. The highest BCUT2D eigenvalue weighted by Crippen LogP contribution is 2.45. The van der Waals surface area contributed by atoms with Crippen LogP contribution >= 0.6 is 11.3 Å². The number of carbonyl (C=O) groups is 1. The van der Waals surface area contributed by atoms with Gasteiger partial charge in [0, 0.05) is 27.3 Å². The summed E-state index contributed by atoms with van der Waals surface area (Å²) >= 11 is 1.51. The number of aromatic nitrogens is 1. The van der Waals surface area contributed by atoms with Crippen LogP contribution in [0.25, 0.3) is 21.7 Å². The minimum atomic E-state index is -0.0788. The molecule has 4 nitrogen and oxygen atoms in total. The predicted octanol–water partition coefficient (Wildman–Crippen LogP) is 5.95. The minimum absolute atomic E-state index is 0.0788. The van der Waals surface area contributed by atoms with E-state index in [2.05, 4.69) is 11.4 Å². The smallest absolute Gasteiger partial charge is 0.196 e. The Morgan fingerprint density at radius 2 is 1.72 bits per heavy atom. The van der Waals surface area contributed by atoms with E-state index in [9.17, 15) is 10.1 Å². The SMILES string of the molecule is Cc1ccc(Nc2nc3c(c(-c4cccs4)c2C#N)C(=O)c2ccccc2-3)cc1. The molecule has 29 heavy (non-hydrogen) atoms. The second kappa shape index (κ2) is 6.69. The number of aryl methyl sites for hydroxylation is 1. The van der Waals surface area contributed by atoms with Gasteiger partial charge in [-0.15, -0.1) is 11.3 Å². The third-order valence-corrected chi connectivity index (χ3v) is 5.93. The zero-order chi connectivity index (χ0) is 20.0. The first-order chi connectivity index (χ1) is 14.2. The van der Waals surface area contributed by atoms with Gasteiger partial charge in [-0.25, -0.2) is 4.98 Å². The third kappa shape index (κ3) is 2.74.